The van der Waals surface area contributed by atoms with Gasteiger partial charge in [-0.05, 0) is 43.7 Å². The molecule has 1 aromatic heterocycles. The predicted octanol–water partition coefficient (Wildman–Crippen LogP) is 5.20. The highest BCUT2D eigenvalue weighted by atomic mass is 32.2. The zero-order chi connectivity index (χ0) is 21.2. The van der Waals surface area contributed by atoms with E-state index in [2.05, 4.69) is 39.0 Å². The highest BCUT2D eigenvalue weighted by Crippen LogP contribution is 2.46. The van der Waals surface area contributed by atoms with Crippen LogP contribution in [0.3, 0.4) is 0 Å². The largest absolute Gasteiger partial charge is 0.333 e. The number of nitrogens with zero attached hydrogens (tertiary/aromatic N) is 4. The molecule has 2 fully saturated rings. The van der Waals surface area contributed by atoms with Crippen LogP contribution >= 0.6 is 11.8 Å². The van der Waals surface area contributed by atoms with Gasteiger partial charge in [0.15, 0.2) is 5.16 Å². The Hall–Kier alpha value is -2.60. The summed E-state index contributed by atoms with van der Waals surface area (Å²) in [6.07, 6.45) is 4.82. The van der Waals surface area contributed by atoms with Gasteiger partial charge in [0.2, 0.25) is 5.91 Å². The zero-order valence-electron chi connectivity index (χ0n) is 17.9. The first-order valence-corrected chi connectivity index (χ1v) is 12.0. The molecule has 5 rings (SSSR count). The average Bonchev–Trinajstić information content (AvgIpc) is 3.73. The molecule has 0 saturated heterocycles. The second-order valence-electron chi connectivity index (χ2n) is 8.64. The summed E-state index contributed by atoms with van der Waals surface area (Å²) in [6, 6.07) is 21.0. The van der Waals surface area contributed by atoms with Crippen molar-refractivity contribution < 1.29 is 4.79 Å². The Kier molecular flexibility index (Phi) is 5.81. The lowest BCUT2D eigenvalue weighted by Gasteiger charge is -2.26. The van der Waals surface area contributed by atoms with Gasteiger partial charge in [-0.2, -0.15) is 0 Å². The van der Waals surface area contributed by atoms with Crippen molar-refractivity contribution in [3.05, 3.63) is 77.6 Å². The number of hydrogen-bond donors (Lipinski definition) is 0. The van der Waals surface area contributed by atoms with E-state index in [1.807, 2.05) is 48.2 Å². The summed E-state index contributed by atoms with van der Waals surface area (Å²) in [4.78, 5) is 15.5. The zero-order valence-corrected chi connectivity index (χ0v) is 18.7. The first kappa shape index (κ1) is 20.3. The van der Waals surface area contributed by atoms with Crippen LogP contribution in [0, 0.1) is 0 Å². The van der Waals surface area contributed by atoms with E-state index < -0.39 is 0 Å². The molecule has 5 nitrogen and oxygen atoms in total. The van der Waals surface area contributed by atoms with E-state index in [-0.39, 0.29) is 11.2 Å². The molecule has 3 aromatic rings. The lowest BCUT2D eigenvalue weighted by atomic mass is 10.1. The summed E-state index contributed by atoms with van der Waals surface area (Å²) in [5, 5.41) is 9.68. The van der Waals surface area contributed by atoms with Crippen molar-refractivity contribution in [3.8, 4) is 0 Å². The average molecular weight is 433 g/mol. The Morgan fingerprint density at radius 1 is 0.968 bits per heavy atom. The second-order valence-corrected chi connectivity index (χ2v) is 9.95. The van der Waals surface area contributed by atoms with E-state index in [1.165, 1.54) is 25.7 Å². The smallest absolute Gasteiger partial charge is 0.236 e. The number of rotatable bonds is 9. The summed E-state index contributed by atoms with van der Waals surface area (Å²) in [6.45, 7) is 3.20. The number of amides is 1. The van der Waals surface area contributed by atoms with Crippen LogP contribution in [0.5, 0.6) is 0 Å². The van der Waals surface area contributed by atoms with Gasteiger partial charge in [0, 0.05) is 25.0 Å². The van der Waals surface area contributed by atoms with Crippen LogP contribution in [-0.2, 0) is 17.9 Å². The van der Waals surface area contributed by atoms with Crippen molar-refractivity contribution in [2.24, 2.45) is 0 Å². The molecule has 2 aromatic carbocycles. The maximum Gasteiger partial charge on any atom is 0.236 e. The number of hydrogen-bond acceptors (Lipinski definition) is 4. The summed E-state index contributed by atoms with van der Waals surface area (Å²) >= 11 is 1.56. The minimum absolute atomic E-state index is 0.135. The van der Waals surface area contributed by atoms with Gasteiger partial charge < -0.3 is 9.47 Å². The summed E-state index contributed by atoms with van der Waals surface area (Å²) in [5.41, 5.74) is 2.28. The van der Waals surface area contributed by atoms with E-state index in [1.54, 1.807) is 11.8 Å². The normalized spacial score (nSPS) is 16.8. The lowest BCUT2D eigenvalue weighted by Crippen LogP contribution is -2.35. The minimum Gasteiger partial charge on any atom is -0.333 e. The topological polar surface area (TPSA) is 51.0 Å². The Morgan fingerprint density at radius 3 is 2.06 bits per heavy atom. The summed E-state index contributed by atoms with van der Waals surface area (Å²) in [7, 11) is 0. The maximum atomic E-state index is 13.6. The van der Waals surface area contributed by atoms with Crippen molar-refractivity contribution in [2.45, 2.75) is 68.1 Å². The van der Waals surface area contributed by atoms with Crippen molar-refractivity contribution >= 4 is 17.7 Å². The van der Waals surface area contributed by atoms with Crippen LogP contribution in [-0.4, -0.2) is 30.8 Å². The first-order valence-electron chi connectivity index (χ1n) is 11.2. The molecule has 2 aliphatic rings. The van der Waals surface area contributed by atoms with Crippen LogP contribution in [0.4, 0.5) is 0 Å². The molecule has 31 heavy (non-hydrogen) atoms. The predicted molar refractivity (Wildman–Crippen MR) is 123 cm³/mol. The fourth-order valence-electron chi connectivity index (χ4n) is 3.95. The quantitative estimate of drug-likeness (QED) is 0.436. The monoisotopic (exact) mass is 432 g/mol. The molecule has 1 amide bonds. The van der Waals surface area contributed by atoms with Crippen LogP contribution < -0.4 is 0 Å². The van der Waals surface area contributed by atoms with Gasteiger partial charge in [-0.25, -0.2) is 0 Å². The van der Waals surface area contributed by atoms with Crippen molar-refractivity contribution in [3.63, 3.8) is 0 Å². The Labute approximate surface area is 187 Å². The Morgan fingerprint density at radius 2 is 1.55 bits per heavy atom. The molecule has 0 bridgehead atoms. The van der Waals surface area contributed by atoms with E-state index in [9.17, 15) is 4.79 Å². The fourth-order valence-corrected chi connectivity index (χ4v) is 4.96. The van der Waals surface area contributed by atoms with E-state index in [0.717, 1.165) is 22.1 Å². The third-order valence-electron chi connectivity index (χ3n) is 5.92. The van der Waals surface area contributed by atoms with E-state index in [4.69, 9.17) is 0 Å². The maximum absolute atomic E-state index is 13.6. The van der Waals surface area contributed by atoms with E-state index in [0.29, 0.717) is 25.0 Å². The molecular formula is C25H28N4OS. The Balaban J connectivity index is 1.34. The minimum atomic E-state index is -0.221. The van der Waals surface area contributed by atoms with Crippen molar-refractivity contribution in [1.29, 1.82) is 0 Å². The molecule has 160 valence electrons. The number of carbonyl (C=O) groups excluding carboxylic acids is 1. The number of aromatic nitrogens is 3. The lowest BCUT2D eigenvalue weighted by molar-refractivity contribution is -0.131. The Bertz CT molecular complexity index is 987. The third kappa shape index (κ3) is 4.85. The van der Waals surface area contributed by atoms with Crippen molar-refractivity contribution in [1.82, 2.24) is 19.7 Å². The number of carbonyl (C=O) groups is 1. The summed E-state index contributed by atoms with van der Waals surface area (Å²) < 4.78 is 2.32. The number of benzene rings is 2. The fraction of sp³-hybridized carbons (Fsp3) is 0.400. The van der Waals surface area contributed by atoms with Crippen LogP contribution in [0.25, 0.3) is 0 Å². The first-order chi connectivity index (χ1) is 15.2. The van der Waals surface area contributed by atoms with Gasteiger partial charge in [-0.1, -0.05) is 72.4 Å². The molecular weight excluding hydrogens is 404 g/mol. The molecule has 1 unspecified atom stereocenters. The highest BCUT2D eigenvalue weighted by Gasteiger charge is 2.37. The molecule has 1 atom stereocenters. The van der Waals surface area contributed by atoms with E-state index >= 15 is 0 Å². The number of thioether (sulfide) groups is 1. The molecule has 1 heterocycles. The summed E-state index contributed by atoms with van der Waals surface area (Å²) in [5.74, 6) is 1.84. The van der Waals surface area contributed by atoms with Crippen LogP contribution in [0.1, 0.15) is 61.5 Å². The van der Waals surface area contributed by atoms with Gasteiger partial charge >= 0.3 is 0 Å². The van der Waals surface area contributed by atoms with Crippen LogP contribution in [0.2, 0.25) is 0 Å². The molecule has 0 spiro atoms. The van der Waals surface area contributed by atoms with Gasteiger partial charge in [0.25, 0.3) is 0 Å². The molecule has 2 saturated carbocycles. The van der Waals surface area contributed by atoms with Crippen LogP contribution in [0.15, 0.2) is 65.8 Å². The SMILES string of the molecule is CC(Sc1nnc(C2CC2)n1C1CC1)C(=O)N(Cc1ccccc1)Cc1ccccc1. The standard InChI is InChI=1S/C25H28N4OS/c1-18(31-25-27-26-23(21-12-13-21)29(25)22-14-15-22)24(30)28(16-19-8-4-2-5-9-19)17-20-10-6-3-7-11-20/h2-11,18,21-22H,12-17H2,1H3. The molecule has 0 aliphatic heterocycles. The third-order valence-corrected chi connectivity index (χ3v) is 6.96. The molecule has 0 radical (unpaired) electrons. The second kappa shape index (κ2) is 8.87. The molecule has 6 heteroatoms. The highest BCUT2D eigenvalue weighted by molar-refractivity contribution is 8.00. The van der Waals surface area contributed by atoms with Gasteiger partial charge in [0.05, 0.1) is 5.25 Å². The van der Waals surface area contributed by atoms with Gasteiger partial charge in [-0.3, -0.25) is 4.79 Å². The van der Waals surface area contributed by atoms with Gasteiger partial charge in [0.1, 0.15) is 5.82 Å². The van der Waals surface area contributed by atoms with Crippen molar-refractivity contribution in [2.75, 3.05) is 0 Å². The van der Waals surface area contributed by atoms with Gasteiger partial charge in [-0.15, -0.1) is 10.2 Å². The molecule has 2 aliphatic carbocycles. The molecule has 0 N–H and O–H groups in total.